The first-order chi connectivity index (χ1) is 30.8. The van der Waals surface area contributed by atoms with Gasteiger partial charge in [-0.3, -0.25) is 19.5 Å². The van der Waals surface area contributed by atoms with Crippen LogP contribution < -0.4 is 4.52 Å². The quantitative estimate of drug-likeness (QED) is 0.0556. The molecule has 1 saturated heterocycles. The number of likely N-dealkylation sites (N-methyl/N-ethyl adjacent to an activating group) is 1. The van der Waals surface area contributed by atoms with Crippen LogP contribution in [-0.2, 0) is 40.2 Å². The topological polar surface area (TPSA) is 177 Å². The summed E-state index contributed by atoms with van der Waals surface area (Å²) in [6.07, 6.45) is 10.7. The third-order valence-corrected chi connectivity index (χ3v) is 13.6. The van der Waals surface area contributed by atoms with Crippen molar-refractivity contribution < 1.29 is 52.6 Å². The molecule has 64 heavy (non-hydrogen) atoms. The minimum atomic E-state index is -4.72. The van der Waals surface area contributed by atoms with Gasteiger partial charge in [0.25, 0.3) is 0 Å². The molecule has 2 fully saturated rings. The Bertz CT molecular complexity index is 2300. The molecule has 1 aliphatic carbocycles. The van der Waals surface area contributed by atoms with Gasteiger partial charge in [0, 0.05) is 29.6 Å². The SMILES string of the molecule is CCN(CC)CCOCCOC(=O)C1(c2ccccc2)CCCC1.CCOC(=O)C1=C[C@]2(CC)CCCN3CCc4c(n1c1ccccc41)[C@@H]32.O=C(O)c1ccccc1OP(=O)(O)O. The molecule has 0 amide bonds. The lowest BCUT2D eigenvalue weighted by Gasteiger charge is -2.53. The molecule has 8 rings (SSSR count). The Labute approximate surface area is 376 Å². The van der Waals surface area contributed by atoms with Gasteiger partial charge in [-0.05, 0) is 100 Å². The maximum atomic E-state index is 12.9. The van der Waals surface area contributed by atoms with Crippen molar-refractivity contribution in [2.75, 3.05) is 59.2 Å². The van der Waals surface area contributed by atoms with Crippen molar-refractivity contribution in [3.63, 3.8) is 0 Å². The highest BCUT2D eigenvalue weighted by Gasteiger charge is 2.51. The molecule has 346 valence electrons. The summed E-state index contributed by atoms with van der Waals surface area (Å²) in [5, 5.41) is 9.93. The van der Waals surface area contributed by atoms with Crippen LogP contribution in [0.5, 0.6) is 5.75 Å². The van der Waals surface area contributed by atoms with Crippen molar-refractivity contribution in [2.24, 2.45) is 5.41 Å². The van der Waals surface area contributed by atoms with Crippen LogP contribution in [0.1, 0.15) is 106 Å². The average molecular weight is 902 g/mol. The summed E-state index contributed by atoms with van der Waals surface area (Å²) >= 11 is 0. The summed E-state index contributed by atoms with van der Waals surface area (Å²) in [6, 6.07) is 24.2. The van der Waals surface area contributed by atoms with Crippen LogP contribution in [0.15, 0.2) is 84.9 Å². The number of piperidine rings is 1. The summed E-state index contributed by atoms with van der Waals surface area (Å²) in [5.74, 6) is -1.94. The maximum Gasteiger partial charge on any atom is 0.524 e. The van der Waals surface area contributed by atoms with E-state index in [1.165, 1.54) is 47.3 Å². The number of hydrogen-bond acceptors (Lipinski definition) is 10. The molecule has 0 unspecified atom stereocenters. The normalized spacial score (nSPS) is 19.6. The summed E-state index contributed by atoms with van der Waals surface area (Å²) in [7, 11) is -4.72. The highest BCUT2D eigenvalue weighted by atomic mass is 31.2. The van der Waals surface area contributed by atoms with Gasteiger partial charge in [0.05, 0.1) is 36.8 Å². The van der Waals surface area contributed by atoms with E-state index >= 15 is 0 Å². The molecule has 3 aliphatic heterocycles. The third-order valence-electron chi connectivity index (χ3n) is 13.1. The number of aromatic carboxylic acids is 1. The van der Waals surface area contributed by atoms with Gasteiger partial charge in [0.2, 0.25) is 0 Å². The first kappa shape index (κ1) is 48.6. The number of benzene rings is 3. The number of phosphoric acid groups is 1. The fraction of sp³-hybridized carbons (Fsp3) is 0.490. The number of carbonyl (C=O) groups excluding carboxylic acids is 2. The van der Waals surface area contributed by atoms with E-state index in [2.05, 4.69) is 70.0 Å². The van der Waals surface area contributed by atoms with E-state index < -0.39 is 19.2 Å². The molecule has 0 radical (unpaired) electrons. The molecule has 3 aromatic carbocycles. The Morgan fingerprint density at radius 1 is 0.812 bits per heavy atom. The van der Waals surface area contributed by atoms with E-state index in [4.69, 9.17) is 29.1 Å². The molecule has 4 aromatic rings. The number of nitrogens with zero attached hydrogens (tertiary/aromatic N) is 3. The van der Waals surface area contributed by atoms with Gasteiger partial charge < -0.3 is 33.3 Å². The van der Waals surface area contributed by atoms with E-state index in [-0.39, 0.29) is 28.7 Å². The minimum absolute atomic E-state index is 0.0416. The molecule has 0 bridgehead atoms. The summed E-state index contributed by atoms with van der Waals surface area (Å²) in [5.41, 5.74) is 5.06. The van der Waals surface area contributed by atoms with Gasteiger partial charge >= 0.3 is 25.7 Å². The Morgan fingerprint density at radius 3 is 2.17 bits per heavy atom. The van der Waals surface area contributed by atoms with Crippen molar-refractivity contribution in [1.29, 1.82) is 0 Å². The zero-order chi connectivity index (χ0) is 45.9. The maximum absolute atomic E-state index is 12.9. The number of fused-ring (bicyclic) bond motifs is 3. The minimum Gasteiger partial charge on any atom is -0.478 e. The number of carbonyl (C=O) groups is 3. The lowest BCUT2D eigenvalue weighted by Crippen LogP contribution is -2.51. The fourth-order valence-corrected chi connectivity index (χ4v) is 10.4. The summed E-state index contributed by atoms with van der Waals surface area (Å²) in [6.45, 7) is 15.6. The monoisotopic (exact) mass is 901 g/mol. The number of aromatic nitrogens is 1. The van der Waals surface area contributed by atoms with Crippen LogP contribution in [-0.4, -0.2) is 106 Å². The van der Waals surface area contributed by atoms with Crippen molar-refractivity contribution in [2.45, 2.75) is 90.5 Å². The van der Waals surface area contributed by atoms with Crippen molar-refractivity contribution in [3.8, 4) is 5.75 Å². The Hall–Kier alpha value is -4.82. The standard InChI is InChI=1S/C22H26N2O2.C20H31NO3.C7H7O6P/c1-3-22-11-7-12-23-13-10-16-15-8-5-6-9-17(15)24(19(16)20(22)23)18(14-22)21(25)26-4-2;1-3-21(4-2)14-15-23-16-17-24-19(22)20(12-8-9-13-20)18-10-6-5-7-11-18;8-7(9)5-3-1-2-4-6(5)13-14(10,11)12/h5-6,8-9,14,20H,3-4,7,10-13H2,1-2H3;5-7,10-11H,3-4,8-9,12-17H2,1-2H3;1-4H,(H,8,9)(H2,10,11,12)/t20-,22+;;/m1../s1. The van der Waals surface area contributed by atoms with E-state index in [1.807, 2.05) is 37.3 Å². The summed E-state index contributed by atoms with van der Waals surface area (Å²) in [4.78, 5) is 58.1. The number of hydrogen-bond donors (Lipinski definition) is 3. The molecular weight excluding hydrogens is 838 g/mol. The van der Waals surface area contributed by atoms with E-state index in [1.54, 1.807) is 0 Å². The smallest absolute Gasteiger partial charge is 0.478 e. The van der Waals surface area contributed by atoms with Gasteiger partial charge in [-0.1, -0.05) is 94.3 Å². The second-order valence-corrected chi connectivity index (χ2v) is 17.8. The van der Waals surface area contributed by atoms with Crippen molar-refractivity contribution in [3.05, 3.63) is 107 Å². The Balaban J connectivity index is 0.000000167. The van der Waals surface area contributed by atoms with Crippen LogP contribution in [0.4, 0.5) is 0 Å². The predicted molar refractivity (Wildman–Crippen MR) is 245 cm³/mol. The van der Waals surface area contributed by atoms with Crippen LogP contribution >= 0.6 is 7.82 Å². The van der Waals surface area contributed by atoms with Crippen LogP contribution in [0.3, 0.4) is 0 Å². The molecule has 15 heteroatoms. The molecule has 14 nitrogen and oxygen atoms in total. The van der Waals surface area contributed by atoms with Gasteiger partial charge in [-0.15, -0.1) is 0 Å². The number of phosphoric ester groups is 1. The molecular formula is C49H64N3O11P. The number of rotatable bonds is 16. The van der Waals surface area contributed by atoms with Gasteiger partial charge in [-0.25, -0.2) is 14.2 Å². The Kier molecular flexibility index (Phi) is 16.6. The van der Waals surface area contributed by atoms with Gasteiger partial charge in [-0.2, -0.15) is 0 Å². The van der Waals surface area contributed by atoms with Crippen molar-refractivity contribution >= 4 is 42.3 Å². The molecule has 4 heterocycles. The first-order valence-corrected chi connectivity index (χ1v) is 24.2. The molecule has 3 N–H and O–H groups in total. The molecule has 4 aliphatic rings. The fourth-order valence-electron chi connectivity index (χ4n) is 10.00. The largest absolute Gasteiger partial charge is 0.524 e. The lowest BCUT2D eigenvalue weighted by atomic mass is 9.66. The molecule has 1 aromatic heterocycles. The Morgan fingerprint density at radius 2 is 1.50 bits per heavy atom. The number of esters is 2. The van der Waals surface area contributed by atoms with Crippen LogP contribution in [0.25, 0.3) is 16.6 Å². The van der Waals surface area contributed by atoms with E-state index in [9.17, 15) is 18.9 Å². The zero-order valence-electron chi connectivity index (χ0n) is 37.6. The van der Waals surface area contributed by atoms with Crippen LogP contribution in [0, 0.1) is 5.41 Å². The highest BCUT2D eigenvalue weighted by molar-refractivity contribution is 7.46. The predicted octanol–water partition coefficient (Wildman–Crippen LogP) is 8.40. The summed E-state index contributed by atoms with van der Waals surface area (Å²) < 4.78 is 33.5. The molecule has 1 saturated carbocycles. The second kappa shape index (κ2) is 21.9. The number of carboxylic acids is 1. The third kappa shape index (κ3) is 10.8. The van der Waals surface area contributed by atoms with Crippen molar-refractivity contribution in [1.82, 2.24) is 14.4 Å². The van der Waals surface area contributed by atoms with E-state index in [0.717, 1.165) is 94.4 Å². The number of ether oxygens (including phenoxy) is 3. The molecule has 0 spiro atoms. The second-order valence-electron chi connectivity index (χ2n) is 16.7. The first-order valence-electron chi connectivity index (χ1n) is 22.7. The highest BCUT2D eigenvalue weighted by Crippen LogP contribution is 2.57. The zero-order valence-corrected chi connectivity index (χ0v) is 38.5. The number of para-hydroxylation sites is 2. The average Bonchev–Trinajstić information content (AvgIpc) is 3.94. The lowest BCUT2D eigenvalue weighted by molar-refractivity contribution is -0.152. The number of carboxylic acid groups (broad SMARTS) is 1. The van der Waals surface area contributed by atoms with Gasteiger partial charge in [0.1, 0.15) is 23.6 Å². The molecule has 2 atom stereocenters. The van der Waals surface area contributed by atoms with E-state index in [0.29, 0.717) is 32.5 Å². The van der Waals surface area contributed by atoms with Crippen LogP contribution in [0.2, 0.25) is 0 Å². The van der Waals surface area contributed by atoms with Gasteiger partial charge in [0.15, 0.2) is 0 Å².